The fourth-order valence-electron chi connectivity index (χ4n) is 3.37. The van der Waals surface area contributed by atoms with E-state index in [1.807, 2.05) is 75.4 Å². The van der Waals surface area contributed by atoms with Crippen molar-refractivity contribution in [3.63, 3.8) is 0 Å². The summed E-state index contributed by atoms with van der Waals surface area (Å²) in [6.07, 6.45) is 0.339. The van der Waals surface area contributed by atoms with Gasteiger partial charge in [0, 0.05) is 11.3 Å². The third-order valence-corrected chi connectivity index (χ3v) is 4.79. The van der Waals surface area contributed by atoms with Gasteiger partial charge in [0.15, 0.2) is 5.58 Å². The first kappa shape index (κ1) is 18.0. The predicted octanol–water partition coefficient (Wildman–Crippen LogP) is 5.60. The summed E-state index contributed by atoms with van der Waals surface area (Å²) in [4.78, 5) is 17.1. The van der Waals surface area contributed by atoms with Crippen molar-refractivity contribution in [1.82, 2.24) is 4.98 Å². The highest BCUT2D eigenvalue weighted by molar-refractivity contribution is 5.93. The van der Waals surface area contributed by atoms with Gasteiger partial charge in [-0.15, -0.1) is 0 Å². The zero-order valence-electron chi connectivity index (χ0n) is 16.2. The summed E-state index contributed by atoms with van der Waals surface area (Å²) in [7, 11) is 0. The Balaban J connectivity index is 1.62. The molecule has 0 aliphatic heterocycles. The van der Waals surface area contributed by atoms with Gasteiger partial charge >= 0.3 is 0 Å². The number of fused-ring (bicyclic) bond motifs is 1. The van der Waals surface area contributed by atoms with Crippen LogP contribution in [0.2, 0.25) is 0 Å². The van der Waals surface area contributed by atoms with E-state index in [2.05, 4.69) is 16.4 Å². The zero-order chi connectivity index (χ0) is 19.7. The first-order valence-corrected chi connectivity index (χ1v) is 9.32. The third-order valence-electron chi connectivity index (χ3n) is 4.79. The van der Waals surface area contributed by atoms with Crippen molar-refractivity contribution >= 4 is 22.7 Å². The van der Waals surface area contributed by atoms with E-state index in [4.69, 9.17) is 4.42 Å². The van der Waals surface area contributed by atoms with Gasteiger partial charge in [-0.3, -0.25) is 4.79 Å². The molecule has 1 heterocycles. The molecule has 0 spiro atoms. The molecule has 0 unspecified atom stereocenters. The van der Waals surface area contributed by atoms with Gasteiger partial charge in [-0.25, -0.2) is 4.98 Å². The van der Waals surface area contributed by atoms with Crippen LogP contribution in [0.1, 0.15) is 22.3 Å². The molecule has 140 valence electrons. The fraction of sp³-hybridized carbons (Fsp3) is 0.167. The Hall–Kier alpha value is -3.40. The van der Waals surface area contributed by atoms with Gasteiger partial charge in [0.05, 0.1) is 6.42 Å². The lowest BCUT2D eigenvalue weighted by Gasteiger charge is -2.10. The van der Waals surface area contributed by atoms with E-state index in [1.54, 1.807) is 0 Å². The molecule has 0 aliphatic carbocycles. The van der Waals surface area contributed by atoms with Crippen LogP contribution in [0.15, 0.2) is 65.1 Å². The van der Waals surface area contributed by atoms with Gasteiger partial charge in [-0.1, -0.05) is 42.5 Å². The molecule has 1 amide bonds. The molecule has 4 aromatic rings. The number of oxazole rings is 1. The van der Waals surface area contributed by atoms with E-state index in [0.717, 1.165) is 44.6 Å². The van der Waals surface area contributed by atoms with E-state index >= 15 is 0 Å². The molecule has 1 N–H and O–H groups in total. The quantitative estimate of drug-likeness (QED) is 0.509. The molecule has 3 aromatic carbocycles. The number of carbonyl (C=O) groups is 1. The normalized spacial score (nSPS) is 11.0. The SMILES string of the molecule is Cc1cc(C)c2oc(-c3ccc(C)c(NC(=O)Cc4ccccc4)c3)nc2c1. The molecule has 1 aromatic heterocycles. The predicted molar refractivity (Wildman–Crippen MR) is 112 cm³/mol. The first-order chi connectivity index (χ1) is 13.5. The van der Waals surface area contributed by atoms with Crippen LogP contribution in [0.5, 0.6) is 0 Å². The minimum Gasteiger partial charge on any atom is -0.436 e. The lowest BCUT2D eigenvalue weighted by molar-refractivity contribution is -0.115. The monoisotopic (exact) mass is 370 g/mol. The third kappa shape index (κ3) is 3.67. The number of hydrogen-bond donors (Lipinski definition) is 1. The molecule has 4 rings (SSSR count). The van der Waals surface area contributed by atoms with Crippen LogP contribution in [0.3, 0.4) is 0 Å². The van der Waals surface area contributed by atoms with E-state index in [1.165, 1.54) is 0 Å². The second kappa shape index (κ2) is 7.31. The van der Waals surface area contributed by atoms with Crippen LogP contribution < -0.4 is 5.32 Å². The average Bonchev–Trinajstić information content (AvgIpc) is 3.08. The van der Waals surface area contributed by atoms with Crippen LogP contribution in [0.25, 0.3) is 22.6 Å². The maximum absolute atomic E-state index is 12.5. The number of anilines is 1. The summed E-state index contributed by atoms with van der Waals surface area (Å²) in [5.74, 6) is 0.512. The summed E-state index contributed by atoms with van der Waals surface area (Å²) < 4.78 is 6.01. The van der Waals surface area contributed by atoms with Crippen molar-refractivity contribution in [3.05, 3.63) is 82.9 Å². The van der Waals surface area contributed by atoms with E-state index < -0.39 is 0 Å². The van der Waals surface area contributed by atoms with Gasteiger partial charge in [0.1, 0.15) is 5.52 Å². The average molecular weight is 370 g/mol. The molecule has 28 heavy (non-hydrogen) atoms. The molecule has 0 saturated heterocycles. The number of hydrogen-bond acceptors (Lipinski definition) is 3. The molecule has 0 radical (unpaired) electrons. The molecule has 0 fully saturated rings. The molecule has 4 heteroatoms. The standard InChI is InChI=1S/C24H22N2O2/c1-15-11-17(3)23-21(12-15)26-24(28-23)19-10-9-16(2)20(14-19)25-22(27)13-18-7-5-4-6-8-18/h4-12,14H,13H2,1-3H3,(H,25,27). The minimum absolute atomic E-state index is 0.0458. The Kier molecular flexibility index (Phi) is 4.70. The highest BCUT2D eigenvalue weighted by Gasteiger charge is 2.13. The number of nitrogens with zero attached hydrogens (tertiary/aromatic N) is 1. The molecular weight excluding hydrogens is 348 g/mol. The lowest BCUT2D eigenvalue weighted by Crippen LogP contribution is -2.15. The van der Waals surface area contributed by atoms with Crippen LogP contribution in [0, 0.1) is 20.8 Å². The highest BCUT2D eigenvalue weighted by Crippen LogP contribution is 2.30. The minimum atomic E-state index is -0.0458. The topological polar surface area (TPSA) is 55.1 Å². The number of aryl methyl sites for hydroxylation is 3. The molecule has 0 saturated carbocycles. The summed E-state index contributed by atoms with van der Waals surface area (Å²) >= 11 is 0. The molecule has 0 aliphatic rings. The van der Waals surface area contributed by atoms with Crippen LogP contribution in [0.4, 0.5) is 5.69 Å². The summed E-state index contributed by atoms with van der Waals surface area (Å²) in [5, 5.41) is 3.01. The van der Waals surface area contributed by atoms with Crippen molar-refractivity contribution < 1.29 is 9.21 Å². The Morgan fingerprint density at radius 3 is 2.54 bits per heavy atom. The van der Waals surface area contributed by atoms with Crippen molar-refractivity contribution in [1.29, 1.82) is 0 Å². The fourth-order valence-corrected chi connectivity index (χ4v) is 3.37. The van der Waals surface area contributed by atoms with Gasteiger partial charge in [0.2, 0.25) is 11.8 Å². The molecule has 0 bridgehead atoms. The Morgan fingerprint density at radius 1 is 0.964 bits per heavy atom. The number of nitrogens with one attached hydrogen (secondary N) is 1. The summed E-state index contributed by atoms with van der Waals surface area (Å²) in [6.45, 7) is 6.04. The van der Waals surface area contributed by atoms with E-state index in [9.17, 15) is 4.79 Å². The zero-order valence-corrected chi connectivity index (χ0v) is 16.2. The number of amides is 1. The van der Waals surface area contributed by atoms with E-state index in [-0.39, 0.29) is 5.91 Å². The molecule has 0 atom stereocenters. The number of aromatic nitrogens is 1. The maximum Gasteiger partial charge on any atom is 0.228 e. The van der Waals surface area contributed by atoms with Crippen molar-refractivity contribution in [2.75, 3.05) is 5.32 Å². The van der Waals surface area contributed by atoms with Crippen molar-refractivity contribution in [2.45, 2.75) is 27.2 Å². The smallest absolute Gasteiger partial charge is 0.228 e. The van der Waals surface area contributed by atoms with Gasteiger partial charge in [-0.05, 0) is 61.2 Å². The van der Waals surface area contributed by atoms with E-state index in [0.29, 0.717) is 12.3 Å². The first-order valence-electron chi connectivity index (χ1n) is 9.32. The number of rotatable bonds is 4. The second-order valence-electron chi connectivity index (χ2n) is 7.19. The van der Waals surface area contributed by atoms with Crippen LogP contribution in [-0.4, -0.2) is 10.9 Å². The Bertz CT molecular complexity index is 1160. The van der Waals surface area contributed by atoms with Crippen molar-refractivity contribution in [3.8, 4) is 11.5 Å². The molecule has 4 nitrogen and oxygen atoms in total. The lowest BCUT2D eigenvalue weighted by atomic mass is 10.1. The highest BCUT2D eigenvalue weighted by atomic mass is 16.3. The summed E-state index contributed by atoms with van der Waals surface area (Å²) in [6, 6.07) is 19.7. The summed E-state index contributed by atoms with van der Waals surface area (Å²) in [5.41, 5.74) is 7.47. The Labute approximate surface area is 164 Å². The number of benzene rings is 3. The van der Waals surface area contributed by atoms with Gasteiger partial charge < -0.3 is 9.73 Å². The number of carbonyl (C=O) groups excluding carboxylic acids is 1. The maximum atomic E-state index is 12.5. The molecular formula is C24H22N2O2. The van der Waals surface area contributed by atoms with Gasteiger partial charge in [0.25, 0.3) is 0 Å². The van der Waals surface area contributed by atoms with Crippen molar-refractivity contribution in [2.24, 2.45) is 0 Å². The van der Waals surface area contributed by atoms with Gasteiger partial charge in [-0.2, -0.15) is 0 Å². The van der Waals surface area contributed by atoms with Crippen LogP contribution >= 0.6 is 0 Å². The second-order valence-corrected chi connectivity index (χ2v) is 7.19. The van der Waals surface area contributed by atoms with Crippen LogP contribution in [-0.2, 0) is 11.2 Å². The largest absolute Gasteiger partial charge is 0.436 e. The Morgan fingerprint density at radius 2 is 1.75 bits per heavy atom.